The molecular weight excluding hydrogens is 326 g/mol. The average Bonchev–Trinajstić information content (AvgIpc) is 3.25. The van der Waals surface area contributed by atoms with Crippen LogP contribution >= 0.6 is 0 Å². The SMILES string of the molecule is Cc1cc(C(=O)NC(c2ccccc2)c2ccc3nc[nH]c3c2)c(C)o1. The predicted octanol–water partition coefficient (Wildman–Crippen LogP) is 4.29. The van der Waals surface area contributed by atoms with E-state index in [-0.39, 0.29) is 11.9 Å². The van der Waals surface area contributed by atoms with Crippen molar-refractivity contribution in [3.8, 4) is 0 Å². The molecule has 2 aromatic carbocycles. The van der Waals surface area contributed by atoms with Gasteiger partial charge in [-0.1, -0.05) is 36.4 Å². The van der Waals surface area contributed by atoms with Gasteiger partial charge in [-0.3, -0.25) is 4.79 Å². The van der Waals surface area contributed by atoms with Crippen LogP contribution in [0.15, 0.2) is 65.3 Å². The maximum absolute atomic E-state index is 12.9. The number of furan rings is 1. The number of aromatic nitrogens is 2. The molecule has 0 aliphatic heterocycles. The Bertz CT molecular complexity index is 1060. The first-order valence-electron chi connectivity index (χ1n) is 8.47. The largest absolute Gasteiger partial charge is 0.466 e. The Morgan fingerprint density at radius 1 is 1.08 bits per heavy atom. The molecule has 2 aromatic heterocycles. The first-order chi connectivity index (χ1) is 12.6. The lowest BCUT2D eigenvalue weighted by Gasteiger charge is -2.20. The van der Waals surface area contributed by atoms with Crippen LogP contribution in [0.3, 0.4) is 0 Å². The quantitative estimate of drug-likeness (QED) is 0.579. The summed E-state index contributed by atoms with van der Waals surface area (Å²) in [5.41, 5.74) is 4.39. The van der Waals surface area contributed by atoms with Gasteiger partial charge in [-0.25, -0.2) is 4.98 Å². The number of nitrogens with one attached hydrogen (secondary N) is 2. The Labute approximate surface area is 151 Å². The molecule has 1 unspecified atom stereocenters. The van der Waals surface area contributed by atoms with Gasteiger partial charge >= 0.3 is 0 Å². The molecule has 5 nitrogen and oxygen atoms in total. The van der Waals surface area contributed by atoms with E-state index in [0.29, 0.717) is 11.3 Å². The number of carbonyl (C=O) groups excluding carboxylic acids is 1. The molecule has 2 heterocycles. The van der Waals surface area contributed by atoms with Gasteiger partial charge in [-0.05, 0) is 43.2 Å². The number of benzene rings is 2. The van der Waals surface area contributed by atoms with Gasteiger partial charge in [0.15, 0.2) is 0 Å². The summed E-state index contributed by atoms with van der Waals surface area (Å²) < 4.78 is 5.50. The second-order valence-corrected chi connectivity index (χ2v) is 6.32. The number of aryl methyl sites for hydroxylation is 2. The van der Waals surface area contributed by atoms with Gasteiger partial charge in [0.1, 0.15) is 11.5 Å². The molecule has 0 aliphatic carbocycles. The van der Waals surface area contributed by atoms with E-state index in [1.807, 2.05) is 55.5 Å². The highest BCUT2D eigenvalue weighted by atomic mass is 16.3. The zero-order valence-electron chi connectivity index (χ0n) is 14.6. The maximum atomic E-state index is 12.9. The standard InChI is InChI=1S/C21H19N3O2/c1-13-10-17(14(2)26-13)21(25)24-20(15-6-4-3-5-7-15)16-8-9-18-19(11-16)23-12-22-18/h3-12,20H,1-2H3,(H,22,23)(H,24,25). The Hall–Kier alpha value is -3.34. The number of nitrogens with zero attached hydrogens (tertiary/aromatic N) is 1. The van der Waals surface area contributed by atoms with Crippen LogP contribution in [0.5, 0.6) is 0 Å². The van der Waals surface area contributed by atoms with Crippen molar-refractivity contribution >= 4 is 16.9 Å². The minimum absolute atomic E-state index is 0.155. The van der Waals surface area contributed by atoms with Crippen molar-refractivity contribution in [3.05, 3.63) is 89.1 Å². The molecule has 0 saturated carbocycles. The molecule has 0 saturated heterocycles. The number of fused-ring (bicyclic) bond motifs is 1. The van der Waals surface area contributed by atoms with Crippen LogP contribution in [0.1, 0.15) is 39.0 Å². The molecule has 26 heavy (non-hydrogen) atoms. The van der Waals surface area contributed by atoms with Crippen LogP contribution in [0.25, 0.3) is 11.0 Å². The first-order valence-corrected chi connectivity index (χ1v) is 8.47. The zero-order valence-corrected chi connectivity index (χ0v) is 14.6. The van der Waals surface area contributed by atoms with E-state index in [4.69, 9.17) is 4.42 Å². The molecule has 5 heteroatoms. The number of hydrogen-bond acceptors (Lipinski definition) is 3. The summed E-state index contributed by atoms with van der Waals surface area (Å²) in [6, 6.07) is 17.4. The second kappa shape index (κ2) is 6.52. The predicted molar refractivity (Wildman–Crippen MR) is 100 cm³/mol. The summed E-state index contributed by atoms with van der Waals surface area (Å²) in [5.74, 6) is 1.19. The molecule has 1 amide bonds. The van der Waals surface area contributed by atoms with Crippen LogP contribution in [0.2, 0.25) is 0 Å². The van der Waals surface area contributed by atoms with E-state index in [9.17, 15) is 4.79 Å². The number of amides is 1. The van der Waals surface area contributed by atoms with Crippen LogP contribution in [-0.2, 0) is 0 Å². The van der Waals surface area contributed by atoms with E-state index in [0.717, 1.165) is 27.9 Å². The van der Waals surface area contributed by atoms with Gasteiger partial charge in [0.05, 0.1) is 29.0 Å². The van der Waals surface area contributed by atoms with E-state index in [1.165, 1.54) is 0 Å². The third-order valence-electron chi connectivity index (χ3n) is 4.47. The molecule has 0 spiro atoms. The summed E-state index contributed by atoms with van der Waals surface area (Å²) in [7, 11) is 0. The first kappa shape index (κ1) is 16.1. The number of aromatic amines is 1. The lowest BCUT2D eigenvalue weighted by Crippen LogP contribution is -2.29. The summed E-state index contributed by atoms with van der Waals surface area (Å²) >= 11 is 0. The number of imidazole rings is 1. The summed E-state index contributed by atoms with van der Waals surface area (Å²) in [4.78, 5) is 20.2. The highest BCUT2D eigenvalue weighted by molar-refractivity contribution is 5.95. The highest BCUT2D eigenvalue weighted by Gasteiger charge is 2.21. The minimum atomic E-state index is -0.272. The van der Waals surface area contributed by atoms with Crippen LogP contribution in [0, 0.1) is 13.8 Å². The van der Waals surface area contributed by atoms with Crippen LogP contribution in [0.4, 0.5) is 0 Å². The smallest absolute Gasteiger partial charge is 0.255 e. The monoisotopic (exact) mass is 345 g/mol. The maximum Gasteiger partial charge on any atom is 0.255 e. The van der Waals surface area contributed by atoms with Crippen LogP contribution < -0.4 is 5.32 Å². The molecular formula is C21H19N3O2. The van der Waals surface area contributed by atoms with E-state index in [1.54, 1.807) is 19.3 Å². The molecule has 0 aliphatic rings. The van der Waals surface area contributed by atoms with Gasteiger partial charge < -0.3 is 14.7 Å². The van der Waals surface area contributed by atoms with Gasteiger partial charge in [0, 0.05) is 0 Å². The average molecular weight is 345 g/mol. The zero-order chi connectivity index (χ0) is 18.1. The number of H-pyrrole nitrogens is 1. The van der Waals surface area contributed by atoms with Crippen molar-refractivity contribution < 1.29 is 9.21 Å². The highest BCUT2D eigenvalue weighted by Crippen LogP contribution is 2.25. The second-order valence-electron chi connectivity index (χ2n) is 6.32. The Kier molecular flexibility index (Phi) is 4.05. The fourth-order valence-electron chi connectivity index (χ4n) is 3.20. The Balaban J connectivity index is 1.73. The van der Waals surface area contributed by atoms with Crippen molar-refractivity contribution in [1.82, 2.24) is 15.3 Å². The lowest BCUT2D eigenvalue weighted by atomic mass is 9.97. The molecule has 1 atom stereocenters. The normalized spacial score (nSPS) is 12.2. The van der Waals surface area contributed by atoms with Gasteiger partial charge in [-0.15, -0.1) is 0 Å². The van der Waals surface area contributed by atoms with Crippen molar-refractivity contribution in [2.45, 2.75) is 19.9 Å². The lowest BCUT2D eigenvalue weighted by molar-refractivity contribution is 0.0941. The molecule has 0 bridgehead atoms. The van der Waals surface area contributed by atoms with Crippen molar-refractivity contribution in [1.29, 1.82) is 0 Å². The van der Waals surface area contributed by atoms with Crippen molar-refractivity contribution in [2.24, 2.45) is 0 Å². The molecule has 0 fully saturated rings. The van der Waals surface area contributed by atoms with Gasteiger partial charge in [0.2, 0.25) is 0 Å². The summed E-state index contributed by atoms with van der Waals surface area (Å²) in [5, 5.41) is 3.14. The molecule has 2 N–H and O–H groups in total. The summed E-state index contributed by atoms with van der Waals surface area (Å²) in [6.07, 6.45) is 1.67. The third-order valence-corrected chi connectivity index (χ3v) is 4.47. The van der Waals surface area contributed by atoms with Gasteiger partial charge in [0.25, 0.3) is 5.91 Å². The molecule has 4 aromatic rings. The number of hydrogen-bond donors (Lipinski definition) is 2. The number of carbonyl (C=O) groups is 1. The van der Waals surface area contributed by atoms with E-state index < -0.39 is 0 Å². The van der Waals surface area contributed by atoms with Crippen molar-refractivity contribution in [3.63, 3.8) is 0 Å². The molecule has 0 radical (unpaired) electrons. The van der Waals surface area contributed by atoms with E-state index >= 15 is 0 Å². The molecule has 4 rings (SSSR count). The van der Waals surface area contributed by atoms with Crippen molar-refractivity contribution in [2.75, 3.05) is 0 Å². The third kappa shape index (κ3) is 2.99. The Morgan fingerprint density at radius 2 is 1.88 bits per heavy atom. The number of rotatable bonds is 4. The fraction of sp³-hybridized carbons (Fsp3) is 0.143. The topological polar surface area (TPSA) is 70.9 Å². The summed E-state index contributed by atoms with van der Waals surface area (Å²) in [6.45, 7) is 3.64. The Morgan fingerprint density at radius 3 is 2.62 bits per heavy atom. The fourth-order valence-corrected chi connectivity index (χ4v) is 3.20. The molecule has 130 valence electrons. The van der Waals surface area contributed by atoms with E-state index in [2.05, 4.69) is 15.3 Å². The van der Waals surface area contributed by atoms with Gasteiger partial charge in [-0.2, -0.15) is 0 Å². The minimum Gasteiger partial charge on any atom is -0.466 e. The van der Waals surface area contributed by atoms with Crippen LogP contribution in [-0.4, -0.2) is 15.9 Å².